The quantitative estimate of drug-likeness (QED) is 0.623. The van der Waals surface area contributed by atoms with Gasteiger partial charge >= 0.3 is 0 Å². The van der Waals surface area contributed by atoms with Crippen LogP contribution in [0.3, 0.4) is 0 Å². The number of nitrogen functional groups attached to an aromatic ring is 1. The van der Waals surface area contributed by atoms with E-state index in [1.54, 1.807) is 37.3 Å². The summed E-state index contributed by atoms with van der Waals surface area (Å²) >= 11 is 0. The molecule has 0 radical (unpaired) electrons. The first-order valence-corrected chi connectivity index (χ1v) is 10.6. The molecule has 1 fully saturated rings. The van der Waals surface area contributed by atoms with Crippen LogP contribution in [0.1, 0.15) is 30.9 Å². The fourth-order valence-corrected chi connectivity index (χ4v) is 5.88. The summed E-state index contributed by atoms with van der Waals surface area (Å²) in [4.78, 5) is 0.235. The number of hydrogen-bond donors (Lipinski definition) is 3. The van der Waals surface area contributed by atoms with Crippen LogP contribution in [0.2, 0.25) is 0 Å². The van der Waals surface area contributed by atoms with Crippen molar-refractivity contribution in [2.75, 3.05) is 10.0 Å². The van der Waals surface area contributed by atoms with E-state index in [-0.39, 0.29) is 10.9 Å². The minimum Gasteiger partial charge on any atom is -0.390 e. The van der Waals surface area contributed by atoms with E-state index < -0.39 is 15.6 Å². The Morgan fingerprint density at radius 3 is 2.61 bits per heavy atom. The number of aryl methyl sites for hydroxylation is 2. The Hall–Kier alpha value is -2.58. The van der Waals surface area contributed by atoms with Crippen LogP contribution in [0.4, 0.5) is 11.5 Å². The van der Waals surface area contributed by atoms with Crippen molar-refractivity contribution in [1.82, 2.24) is 10.2 Å². The number of nitrogens with zero attached hydrogens (tertiary/aromatic N) is 2. The summed E-state index contributed by atoms with van der Waals surface area (Å²) in [5.41, 5.74) is 8.06. The molecule has 0 spiro atoms. The Kier molecular flexibility index (Phi) is 4.17. The van der Waals surface area contributed by atoms with Crippen molar-refractivity contribution < 1.29 is 13.5 Å². The fourth-order valence-electron chi connectivity index (χ4n) is 4.07. The molecule has 3 aromatic rings. The Bertz CT molecular complexity index is 1160. The third-order valence-corrected chi connectivity index (χ3v) is 7.32. The maximum absolute atomic E-state index is 13.6. The summed E-state index contributed by atoms with van der Waals surface area (Å²) in [5.74, 6) is 0.336. The third kappa shape index (κ3) is 2.93. The molecule has 1 aliphatic carbocycles. The zero-order valence-electron chi connectivity index (χ0n) is 16.1. The maximum Gasteiger partial charge on any atom is 0.264 e. The molecule has 1 aromatic heterocycles. The molecule has 1 aliphatic rings. The van der Waals surface area contributed by atoms with E-state index in [1.165, 1.54) is 4.31 Å². The molecule has 0 unspecified atom stereocenters. The molecule has 4 rings (SSSR count). The molecule has 0 atom stereocenters. The molecule has 8 heteroatoms. The van der Waals surface area contributed by atoms with Crippen LogP contribution in [-0.4, -0.2) is 35.4 Å². The van der Waals surface area contributed by atoms with Crippen LogP contribution >= 0.6 is 0 Å². The predicted octanol–water partition coefficient (Wildman–Crippen LogP) is 2.87. The van der Waals surface area contributed by atoms with Crippen molar-refractivity contribution in [3.05, 3.63) is 47.5 Å². The van der Waals surface area contributed by atoms with Crippen LogP contribution in [0.15, 0.2) is 41.3 Å². The van der Waals surface area contributed by atoms with Gasteiger partial charge in [0.2, 0.25) is 0 Å². The van der Waals surface area contributed by atoms with Crippen molar-refractivity contribution >= 4 is 32.4 Å². The van der Waals surface area contributed by atoms with Crippen LogP contribution in [-0.2, 0) is 10.0 Å². The highest BCUT2D eigenvalue weighted by Gasteiger charge is 2.46. The Morgan fingerprint density at radius 2 is 1.96 bits per heavy atom. The molecule has 7 nitrogen and oxygen atoms in total. The Balaban J connectivity index is 1.90. The lowest BCUT2D eigenvalue weighted by molar-refractivity contribution is -0.0272. The number of aliphatic hydroxyl groups is 1. The van der Waals surface area contributed by atoms with Gasteiger partial charge in [-0.3, -0.25) is 9.40 Å². The van der Waals surface area contributed by atoms with Gasteiger partial charge in [-0.25, -0.2) is 8.42 Å². The second kappa shape index (κ2) is 6.22. The second-order valence-corrected chi connectivity index (χ2v) is 9.73. The zero-order chi connectivity index (χ0) is 20.3. The highest BCUT2D eigenvalue weighted by molar-refractivity contribution is 7.92. The smallest absolute Gasteiger partial charge is 0.264 e. The monoisotopic (exact) mass is 400 g/mol. The van der Waals surface area contributed by atoms with Gasteiger partial charge in [0.25, 0.3) is 10.0 Å². The van der Waals surface area contributed by atoms with Crippen molar-refractivity contribution in [3.8, 4) is 0 Å². The van der Waals surface area contributed by atoms with E-state index in [9.17, 15) is 13.5 Å². The van der Waals surface area contributed by atoms with Gasteiger partial charge in [-0.2, -0.15) is 5.10 Å². The van der Waals surface area contributed by atoms with Crippen LogP contribution in [0.5, 0.6) is 0 Å². The third-order valence-electron chi connectivity index (χ3n) is 5.46. The number of fused-ring (bicyclic) bond motifs is 1. The van der Waals surface area contributed by atoms with E-state index in [4.69, 9.17) is 5.73 Å². The lowest BCUT2D eigenvalue weighted by atomic mass is 9.77. The number of sulfonamides is 1. The van der Waals surface area contributed by atoms with Crippen LogP contribution < -0.4 is 10.0 Å². The molecule has 2 aromatic carbocycles. The highest BCUT2D eigenvalue weighted by atomic mass is 32.2. The first kappa shape index (κ1) is 18.8. The molecule has 0 saturated heterocycles. The lowest BCUT2D eigenvalue weighted by Gasteiger charge is -2.47. The molecular formula is C20H24N4O3S. The van der Waals surface area contributed by atoms with Gasteiger partial charge in [-0.15, -0.1) is 0 Å². The standard InChI is InChI=1S/C20H24N4O3S/c1-12-5-4-6-15(9-12)28(26,27)24(14-10-20(3,25)11-14)17-8-7-16-18(13(17)2)19(21)23-22-16/h4-9,14,25H,10-11H2,1-3H3,(H3,21,22,23). The van der Waals surface area contributed by atoms with Crippen molar-refractivity contribution in [1.29, 1.82) is 0 Å². The molecule has 28 heavy (non-hydrogen) atoms. The normalized spacial score (nSPS) is 22.2. The average Bonchev–Trinajstić information content (AvgIpc) is 2.97. The second-order valence-electron chi connectivity index (χ2n) is 7.92. The number of aromatic amines is 1. The van der Waals surface area contributed by atoms with E-state index in [0.29, 0.717) is 29.7 Å². The first-order chi connectivity index (χ1) is 13.1. The van der Waals surface area contributed by atoms with Crippen molar-refractivity contribution in [3.63, 3.8) is 0 Å². The molecule has 1 heterocycles. The molecule has 1 saturated carbocycles. The average molecular weight is 401 g/mol. The first-order valence-electron chi connectivity index (χ1n) is 9.17. The summed E-state index contributed by atoms with van der Waals surface area (Å²) in [6.45, 7) is 5.44. The van der Waals surface area contributed by atoms with Crippen LogP contribution in [0, 0.1) is 13.8 Å². The Morgan fingerprint density at radius 1 is 1.25 bits per heavy atom. The van der Waals surface area contributed by atoms with Crippen LogP contribution in [0.25, 0.3) is 10.9 Å². The van der Waals surface area contributed by atoms with E-state index >= 15 is 0 Å². The topological polar surface area (TPSA) is 112 Å². The minimum atomic E-state index is -3.82. The summed E-state index contributed by atoms with van der Waals surface area (Å²) in [5, 5.41) is 17.9. The number of nitrogens with one attached hydrogen (secondary N) is 1. The number of hydrogen-bond acceptors (Lipinski definition) is 5. The van der Waals surface area contributed by atoms with Gasteiger partial charge in [-0.1, -0.05) is 12.1 Å². The largest absolute Gasteiger partial charge is 0.390 e. The van der Waals surface area contributed by atoms with Gasteiger partial charge in [-0.05, 0) is 69.0 Å². The summed E-state index contributed by atoms with van der Waals surface area (Å²) in [6.07, 6.45) is 0.743. The SMILES string of the molecule is Cc1cccc(S(=O)(=O)N(c2ccc3[nH]nc(N)c3c2C)C2CC(C)(O)C2)c1. The number of H-pyrrole nitrogens is 1. The number of aromatic nitrogens is 2. The van der Waals surface area contributed by atoms with Gasteiger partial charge < -0.3 is 10.8 Å². The molecule has 0 bridgehead atoms. The fraction of sp³-hybridized carbons (Fsp3) is 0.350. The number of benzene rings is 2. The summed E-state index contributed by atoms with van der Waals surface area (Å²) in [7, 11) is -3.82. The van der Waals surface area contributed by atoms with E-state index in [0.717, 1.165) is 16.6 Å². The van der Waals surface area contributed by atoms with Gasteiger partial charge in [0.1, 0.15) is 0 Å². The van der Waals surface area contributed by atoms with Crippen molar-refractivity contribution in [2.24, 2.45) is 0 Å². The van der Waals surface area contributed by atoms with Gasteiger partial charge in [0.15, 0.2) is 5.82 Å². The van der Waals surface area contributed by atoms with Gasteiger partial charge in [0, 0.05) is 5.39 Å². The lowest BCUT2D eigenvalue weighted by Crippen LogP contribution is -2.55. The molecule has 0 amide bonds. The molecule has 4 N–H and O–H groups in total. The highest BCUT2D eigenvalue weighted by Crippen LogP contribution is 2.43. The zero-order valence-corrected chi connectivity index (χ0v) is 16.9. The maximum atomic E-state index is 13.6. The van der Waals surface area contributed by atoms with Gasteiger partial charge in [0.05, 0.1) is 27.7 Å². The molecule has 0 aliphatic heterocycles. The summed E-state index contributed by atoms with van der Waals surface area (Å²) in [6, 6.07) is 10.1. The number of anilines is 2. The van der Waals surface area contributed by atoms with Crippen molar-refractivity contribution in [2.45, 2.75) is 50.2 Å². The predicted molar refractivity (Wildman–Crippen MR) is 110 cm³/mol. The van der Waals surface area contributed by atoms with E-state index in [1.807, 2.05) is 19.9 Å². The minimum absolute atomic E-state index is 0.235. The summed E-state index contributed by atoms with van der Waals surface area (Å²) < 4.78 is 28.7. The van der Waals surface area contributed by atoms with E-state index in [2.05, 4.69) is 10.2 Å². The number of rotatable bonds is 4. The Labute approximate surface area is 164 Å². The number of nitrogens with two attached hydrogens (primary N) is 1. The molecule has 148 valence electrons. The molecular weight excluding hydrogens is 376 g/mol.